The summed E-state index contributed by atoms with van der Waals surface area (Å²) in [6.07, 6.45) is 1.78. The molecule has 1 atom stereocenters. The monoisotopic (exact) mass is 476 g/mol. The molecule has 0 N–H and O–H groups in total. The predicted octanol–water partition coefficient (Wildman–Crippen LogP) is 5.19. The fraction of sp³-hybridized carbons (Fsp3) is 0.200. The Labute approximate surface area is 199 Å². The van der Waals surface area contributed by atoms with Gasteiger partial charge < -0.3 is 9.47 Å². The first-order valence-corrected chi connectivity index (χ1v) is 10.7. The van der Waals surface area contributed by atoms with Gasteiger partial charge in [-0.3, -0.25) is 20.2 Å². The van der Waals surface area contributed by atoms with Gasteiger partial charge in [0.05, 0.1) is 28.1 Å². The van der Waals surface area contributed by atoms with Crippen molar-refractivity contribution in [3.05, 3.63) is 103 Å². The van der Waals surface area contributed by atoms with Gasteiger partial charge in [-0.1, -0.05) is 24.3 Å². The number of rotatable bonds is 6. The molecule has 0 saturated carbocycles. The van der Waals surface area contributed by atoms with E-state index in [0.717, 1.165) is 55.3 Å². The summed E-state index contributed by atoms with van der Waals surface area (Å²) in [6.45, 7) is 0. The summed E-state index contributed by atoms with van der Waals surface area (Å²) >= 11 is 0. The van der Waals surface area contributed by atoms with Crippen molar-refractivity contribution in [1.29, 1.82) is 0 Å². The van der Waals surface area contributed by atoms with Crippen molar-refractivity contribution < 1.29 is 28.9 Å². The van der Waals surface area contributed by atoms with Crippen LogP contribution in [0.15, 0.2) is 60.7 Å². The number of hydrogen-bond donors (Lipinski definition) is 0. The lowest BCUT2D eigenvalue weighted by Gasteiger charge is -2.25. The van der Waals surface area contributed by atoms with Crippen LogP contribution < -0.4 is 0 Å². The van der Waals surface area contributed by atoms with Crippen LogP contribution in [0.5, 0.6) is 0 Å². The minimum atomic E-state index is -0.818. The van der Waals surface area contributed by atoms with Gasteiger partial charge in [0.15, 0.2) is 0 Å². The first-order valence-electron chi connectivity index (χ1n) is 10.7. The van der Waals surface area contributed by atoms with Crippen LogP contribution in [0.25, 0.3) is 11.1 Å². The molecule has 0 fully saturated rings. The van der Waals surface area contributed by atoms with Gasteiger partial charge in [0.2, 0.25) is 0 Å². The molecular weight excluding hydrogens is 456 g/mol. The van der Waals surface area contributed by atoms with Gasteiger partial charge >= 0.3 is 11.9 Å². The molecule has 1 aliphatic rings. The van der Waals surface area contributed by atoms with Crippen LogP contribution >= 0.6 is 0 Å². The Balaban J connectivity index is 1.83. The van der Waals surface area contributed by atoms with E-state index in [1.165, 1.54) is 12.1 Å². The summed E-state index contributed by atoms with van der Waals surface area (Å²) < 4.78 is 10.6. The van der Waals surface area contributed by atoms with Crippen LogP contribution in [-0.2, 0) is 15.9 Å². The number of aryl methyl sites for hydroxylation is 1. The zero-order chi connectivity index (χ0) is 25.1. The number of nitro benzene ring substituents is 2. The van der Waals surface area contributed by atoms with Crippen molar-refractivity contribution in [3.8, 4) is 11.1 Å². The summed E-state index contributed by atoms with van der Waals surface area (Å²) in [6, 6.07) is 14.5. The second-order valence-electron chi connectivity index (χ2n) is 7.95. The van der Waals surface area contributed by atoms with Gasteiger partial charge in [-0.25, -0.2) is 9.59 Å². The maximum Gasteiger partial charge on any atom is 0.339 e. The van der Waals surface area contributed by atoms with Gasteiger partial charge in [-0.05, 0) is 42.5 Å². The standard InChI is InChI=1S/C25H20N2O8/c1-34-24(28)19-11-9-16(26(30)31)13-21(19)22-14-17(27(32)33)10-12-20(22)25(29)35-23-8-4-6-15-5-2-3-7-18(15)23/h2-3,5,7,9-14,23H,4,6,8H2,1H3/t23-/m0/s1. The Kier molecular flexibility index (Phi) is 6.54. The number of methoxy groups -OCH3 is 1. The molecule has 0 unspecified atom stereocenters. The van der Waals surface area contributed by atoms with E-state index < -0.39 is 27.9 Å². The lowest BCUT2D eigenvalue weighted by atomic mass is 9.89. The highest BCUT2D eigenvalue weighted by molar-refractivity contribution is 6.04. The number of benzene rings is 3. The van der Waals surface area contributed by atoms with Crippen LogP contribution in [0, 0.1) is 20.2 Å². The van der Waals surface area contributed by atoms with Crippen molar-refractivity contribution in [2.75, 3.05) is 7.11 Å². The van der Waals surface area contributed by atoms with Crippen molar-refractivity contribution >= 4 is 23.3 Å². The highest BCUT2D eigenvalue weighted by Crippen LogP contribution is 2.37. The summed E-state index contributed by atoms with van der Waals surface area (Å²) in [5.41, 5.74) is 0.998. The Morgan fingerprint density at radius 1 is 0.857 bits per heavy atom. The lowest BCUT2D eigenvalue weighted by Crippen LogP contribution is -2.17. The SMILES string of the molecule is COC(=O)c1ccc([N+](=O)[O-])cc1-c1cc([N+](=O)[O-])ccc1C(=O)O[C@H]1CCCc2ccccc21. The molecule has 35 heavy (non-hydrogen) atoms. The molecule has 4 rings (SSSR count). The molecule has 0 aromatic heterocycles. The highest BCUT2D eigenvalue weighted by atomic mass is 16.6. The number of non-ortho nitro benzene ring substituents is 2. The fourth-order valence-electron chi connectivity index (χ4n) is 4.23. The minimum absolute atomic E-state index is 0.0441. The van der Waals surface area contributed by atoms with Crippen LogP contribution in [0.2, 0.25) is 0 Å². The Bertz CT molecular complexity index is 1350. The fourth-order valence-corrected chi connectivity index (χ4v) is 4.23. The smallest absolute Gasteiger partial charge is 0.339 e. The zero-order valence-corrected chi connectivity index (χ0v) is 18.6. The molecular formula is C25H20N2O8. The first-order chi connectivity index (χ1) is 16.8. The zero-order valence-electron chi connectivity index (χ0n) is 18.6. The van der Waals surface area contributed by atoms with Gasteiger partial charge in [0, 0.05) is 35.4 Å². The number of hydrogen-bond acceptors (Lipinski definition) is 8. The van der Waals surface area contributed by atoms with E-state index in [1.807, 2.05) is 24.3 Å². The van der Waals surface area contributed by atoms with Crippen molar-refractivity contribution in [2.24, 2.45) is 0 Å². The van der Waals surface area contributed by atoms with Crippen LogP contribution in [0.1, 0.15) is 50.8 Å². The molecule has 0 saturated heterocycles. The molecule has 178 valence electrons. The summed E-state index contributed by atoms with van der Waals surface area (Å²) in [5, 5.41) is 22.9. The highest BCUT2D eigenvalue weighted by Gasteiger charge is 2.28. The molecule has 0 bridgehead atoms. The number of carbonyl (C=O) groups excluding carboxylic acids is 2. The number of nitro groups is 2. The Morgan fingerprint density at radius 3 is 2.00 bits per heavy atom. The average Bonchev–Trinajstić information content (AvgIpc) is 2.87. The van der Waals surface area contributed by atoms with E-state index in [1.54, 1.807) is 0 Å². The number of fused-ring (bicyclic) bond motifs is 1. The van der Waals surface area contributed by atoms with Crippen LogP contribution in [0.4, 0.5) is 11.4 Å². The third-order valence-electron chi connectivity index (χ3n) is 5.91. The van der Waals surface area contributed by atoms with Crippen molar-refractivity contribution in [2.45, 2.75) is 25.4 Å². The molecule has 0 amide bonds. The molecule has 0 heterocycles. The summed E-state index contributed by atoms with van der Waals surface area (Å²) in [7, 11) is 1.14. The normalized spacial score (nSPS) is 14.5. The molecule has 0 radical (unpaired) electrons. The lowest BCUT2D eigenvalue weighted by molar-refractivity contribution is -0.385. The summed E-state index contributed by atoms with van der Waals surface area (Å²) in [5.74, 6) is -1.58. The number of nitrogens with zero attached hydrogens (tertiary/aromatic N) is 2. The molecule has 0 spiro atoms. The average molecular weight is 476 g/mol. The molecule has 10 heteroatoms. The maximum atomic E-state index is 13.3. The van der Waals surface area contributed by atoms with E-state index >= 15 is 0 Å². The van der Waals surface area contributed by atoms with E-state index in [2.05, 4.69) is 0 Å². The van der Waals surface area contributed by atoms with Gasteiger partial charge in [-0.15, -0.1) is 0 Å². The second kappa shape index (κ2) is 9.72. The van der Waals surface area contributed by atoms with E-state index in [0.29, 0.717) is 6.42 Å². The topological polar surface area (TPSA) is 139 Å². The molecule has 1 aliphatic carbocycles. The van der Waals surface area contributed by atoms with E-state index in [4.69, 9.17) is 9.47 Å². The molecule has 3 aromatic rings. The molecule has 0 aliphatic heterocycles. The quantitative estimate of drug-likeness (QED) is 0.269. The predicted molar refractivity (Wildman–Crippen MR) is 124 cm³/mol. The maximum absolute atomic E-state index is 13.3. The van der Waals surface area contributed by atoms with Gasteiger partial charge in [0.1, 0.15) is 6.10 Å². The first kappa shape index (κ1) is 23.6. The second-order valence-corrected chi connectivity index (χ2v) is 7.95. The minimum Gasteiger partial charge on any atom is -0.465 e. The van der Waals surface area contributed by atoms with Crippen LogP contribution in [0.3, 0.4) is 0 Å². The largest absolute Gasteiger partial charge is 0.465 e. The van der Waals surface area contributed by atoms with Gasteiger partial charge in [-0.2, -0.15) is 0 Å². The van der Waals surface area contributed by atoms with E-state index in [-0.39, 0.29) is 33.6 Å². The number of ether oxygens (including phenoxy) is 2. The Hall–Kier alpha value is -4.60. The third kappa shape index (κ3) is 4.72. The van der Waals surface area contributed by atoms with Gasteiger partial charge in [0.25, 0.3) is 11.4 Å². The summed E-state index contributed by atoms with van der Waals surface area (Å²) in [4.78, 5) is 47.3. The number of carbonyl (C=O) groups is 2. The molecule has 3 aromatic carbocycles. The molecule has 10 nitrogen and oxygen atoms in total. The van der Waals surface area contributed by atoms with E-state index in [9.17, 15) is 29.8 Å². The third-order valence-corrected chi connectivity index (χ3v) is 5.91. The van der Waals surface area contributed by atoms with Crippen molar-refractivity contribution in [3.63, 3.8) is 0 Å². The van der Waals surface area contributed by atoms with Crippen LogP contribution in [-0.4, -0.2) is 28.9 Å². The number of esters is 2. The Morgan fingerprint density at radius 2 is 1.43 bits per heavy atom. The van der Waals surface area contributed by atoms with Crippen molar-refractivity contribution in [1.82, 2.24) is 0 Å².